The molecule has 1 aromatic rings. The second-order valence-corrected chi connectivity index (χ2v) is 9.17. The van der Waals surface area contributed by atoms with Gasteiger partial charge in [-0.05, 0) is 56.6 Å². The number of rotatable bonds is 5. The Labute approximate surface area is 168 Å². The molecular formula is C23H33N3O2. The number of nitrogens with one attached hydrogen (secondary N) is 1. The highest BCUT2D eigenvalue weighted by molar-refractivity contribution is 5.93. The number of fused-ring (bicyclic) bond motifs is 1. The number of likely N-dealkylation sites (tertiary alicyclic amines) is 1. The lowest BCUT2D eigenvalue weighted by molar-refractivity contribution is -0.142. The summed E-state index contributed by atoms with van der Waals surface area (Å²) < 4.78 is 0. The number of nitrogens with zero attached hydrogens (tertiary/aromatic N) is 2. The van der Waals surface area contributed by atoms with E-state index in [1.54, 1.807) is 6.20 Å². The fourth-order valence-corrected chi connectivity index (χ4v) is 5.81. The van der Waals surface area contributed by atoms with E-state index in [0.29, 0.717) is 36.5 Å². The Kier molecular flexibility index (Phi) is 5.70. The van der Waals surface area contributed by atoms with Crippen molar-refractivity contribution in [2.75, 3.05) is 13.1 Å². The first-order valence-electron chi connectivity index (χ1n) is 11.1. The zero-order chi connectivity index (χ0) is 19.6. The van der Waals surface area contributed by atoms with E-state index in [1.165, 1.54) is 32.1 Å². The number of carbonyl (C=O) groups excluding carboxylic acids is 2. The molecule has 1 saturated heterocycles. The highest BCUT2D eigenvalue weighted by Gasteiger charge is 2.50. The van der Waals surface area contributed by atoms with Gasteiger partial charge in [0.1, 0.15) is 5.69 Å². The van der Waals surface area contributed by atoms with E-state index in [2.05, 4.69) is 15.2 Å². The SMILES string of the molecule is Cc1cccnc1C(=O)NC[C@@]12CCC[C@H]1N(CC1CCCCC1)C(=O)CC2. The van der Waals surface area contributed by atoms with Crippen molar-refractivity contribution in [2.45, 2.75) is 77.2 Å². The van der Waals surface area contributed by atoms with Crippen molar-refractivity contribution in [1.82, 2.24) is 15.2 Å². The fraction of sp³-hybridized carbons (Fsp3) is 0.696. The standard InChI is InChI=1S/C23H33N3O2/c1-17-7-6-14-24-21(17)22(28)25-16-23-12-5-10-19(23)26(20(27)11-13-23)15-18-8-3-2-4-9-18/h6-7,14,18-19H,2-5,8-13,15-16H2,1H3,(H,25,28)/t19-,23+/m1/s1. The average molecular weight is 384 g/mol. The Bertz CT molecular complexity index is 728. The summed E-state index contributed by atoms with van der Waals surface area (Å²) in [5.41, 5.74) is 1.46. The summed E-state index contributed by atoms with van der Waals surface area (Å²) in [4.78, 5) is 32.0. The zero-order valence-corrected chi connectivity index (χ0v) is 17.1. The lowest BCUT2D eigenvalue weighted by Gasteiger charge is -2.47. The molecule has 2 aliphatic carbocycles. The summed E-state index contributed by atoms with van der Waals surface area (Å²) in [6.07, 6.45) is 13.0. The lowest BCUT2D eigenvalue weighted by Crippen LogP contribution is -2.57. The maximum Gasteiger partial charge on any atom is 0.270 e. The molecule has 2 atom stereocenters. The normalized spacial score (nSPS) is 28.2. The van der Waals surface area contributed by atoms with Crippen molar-refractivity contribution < 1.29 is 9.59 Å². The minimum absolute atomic E-state index is 0.0426. The second-order valence-electron chi connectivity index (χ2n) is 9.17. The first kappa shape index (κ1) is 19.4. The molecule has 3 fully saturated rings. The predicted molar refractivity (Wildman–Crippen MR) is 109 cm³/mol. The van der Waals surface area contributed by atoms with Gasteiger partial charge in [0.2, 0.25) is 5.91 Å². The second kappa shape index (κ2) is 8.22. The maximum atomic E-state index is 12.8. The van der Waals surface area contributed by atoms with Gasteiger partial charge in [-0.2, -0.15) is 0 Å². The van der Waals surface area contributed by atoms with Crippen LogP contribution in [0.2, 0.25) is 0 Å². The predicted octanol–water partition coefficient (Wildman–Crippen LogP) is 3.86. The molecule has 5 nitrogen and oxygen atoms in total. The van der Waals surface area contributed by atoms with Gasteiger partial charge in [-0.3, -0.25) is 14.6 Å². The molecular weight excluding hydrogens is 350 g/mol. The van der Waals surface area contributed by atoms with Gasteiger partial charge in [-0.15, -0.1) is 0 Å². The molecule has 0 spiro atoms. The molecule has 152 valence electrons. The highest BCUT2D eigenvalue weighted by Crippen LogP contribution is 2.48. The fourth-order valence-electron chi connectivity index (χ4n) is 5.81. The van der Waals surface area contributed by atoms with Crippen molar-refractivity contribution in [1.29, 1.82) is 0 Å². The molecule has 3 aliphatic rings. The number of aryl methyl sites for hydroxylation is 1. The van der Waals surface area contributed by atoms with E-state index in [4.69, 9.17) is 0 Å². The molecule has 1 aromatic heterocycles. The number of hydrogen-bond donors (Lipinski definition) is 1. The molecule has 2 saturated carbocycles. The van der Waals surface area contributed by atoms with Crippen LogP contribution in [0.4, 0.5) is 0 Å². The van der Waals surface area contributed by atoms with Gasteiger partial charge in [0.15, 0.2) is 0 Å². The number of carbonyl (C=O) groups is 2. The number of amides is 2. The minimum atomic E-state index is -0.0890. The van der Waals surface area contributed by atoms with Crippen molar-refractivity contribution in [3.05, 3.63) is 29.6 Å². The molecule has 28 heavy (non-hydrogen) atoms. The monoisotopic (exact) mass is 383 g/mol. The molecule has 0 bridgehead atoms. The van der Waals surface area contributed by atoms with E-state index in [1.807, 2.05) is 19.1 Å². The summed E-state index contributed by atoms with van der Waals surface area (Å²) >= 11 is 0. The molecule has 1 N–H and O–H groups in total. The quantitative estimate of drug-likeness (QED) is 0.840. The van der Waals surface area contributed by atoms with Gasteiger partial charge in [0.25, 0.3) is 5.91 Å². The van der Waals surface area contributed by atoms with Crippen LogP contribution in [0.5, 0.6) is 0 Å². The van der Waals surface area contributed by atoms with Crippen LogP contribution in [0, 0.1) is 18.3 Å². The van der Waals surface area contributed by atoms with Crippen molar-refractivity contribution in [2.24, 2.45) is 11.3 Å². The number of pyridine rings is 1. The minimum Gasteiger partial charge on any atom is -0.350 e. The zero-order valence-electron chi connectivity index (χ0n) is 17.1. The number of piperidine rings is 1. The molecule has 1 aliphatic heterocycles. The van der Waals surface area contributed by atoms with Crippen LogP contribution in [0.25, 0.3) is 0 Å². The maximum absolute atomic E-state index is 12.8. The van der Waals surface area contributed by atoms with Crippen LogP contribution in [-0.4, -0.2) is 40.8 Å². The first-order chi connectivity index (χ1) is 13.6. The summed E-state index contributed by atoms with van der Waals surface area (Å²) in [7, 11) is 0. The summed E-state index contributed by atoms with van der Waals surface area (Å²) in [5, 5.41) is 3.17. The first-order valence-corrected chi connectivity index (χ1v) is 11.1. The van der Waals surface area contributed by atoms with Gasteiger partial charge >= 0.3 is 0 Å². The Morgan fingerprint density at radius 2 is 2.04 bits per heavy atom. The molecule has 5 heteroatoms. The van der Waals surface area contributed by atoms with E-state index in [0.717, 1.165) is 37.8 Å². The van der Waals surface area contributed by atoms with Gasteiger partial charge in [-0.25, -0.2) is 0 Å². The average Bonchev–Trinajstić information content (AvgIpc) is 3.14. The van der Waals surface area contributed by atoms with Crippen molar-refractivity contribution in [3.63, 3.8) is 0 Å². The summed E-state index contributed by atoms with van der Waals surface area (Å²) in [6.45, 7) is 3.50. The van der Waals surface area contributed by atoms with E-state index < -0.39 is 0 Å². The van der Waals surface area contributed by atoms with Crippen LogP contribution in [0.3, 0.4) is 0 Å². The molecule has 0 unspecified atom stereocenters. The third-order valence-electron chi connectivity index (χ3n) is 7.40. The van der Waals surface area contributed by atoms with Crippen LogP contribution < -0.4 is 5.32 Å². The molecule has 4 rings (SSSR count). The van der Waals surface area contributed by atoms with Crippen LogP contribution in [0.1, 0.15) is 80.3 Å². The van der Waals surface area contributed by atoms with Crippen molar-refractivity contribution >= 4 is 11.8 Å². The number of hydrogen-bond acceptors (Lipinski definition) is 3. The van der Waals surface area contributed by atoms with Gasteiger partial charge < -0.3 is 10.2 Å². The Morgan fingerprint density at radius 1 is 1.21 bits per heavy atom. The van der Waals surface area contributed by atoms with E-state index in [9.17, 15) is 9.59 Å². The van der Waals surface area contributed by atoms with Crippen LogP contribution >= 0.6 is 0 Å². The molecule has 0 radical (unpaired) electrons. The Morgan fingerprint density at radius 3 is 2.82 bits per heavy atom. The largest absolute Gasteiger partial charge is 0.350 e. The lowest BCUT2D eigenvalue weighted by atomic mass is 9.74. The smallest absolute Gasteiger partial charge is 0.270 e. The third kappa shape index (κ3) is 3.81. The van der Waals surface area contributed by atoms with E-state index >= 15 is 0 Å². The van der Waals surface area contributed by atoms with E-state index in [-0.39, 0.29) is 11.3 Å². The molecule has 0 aromatic carbocycles. The highest BCUT2D eigenvalue weighted by atomic mass is 16.2. The van der Waals surface area contributed by atoms with Gasteiger partial charge in [-0.1, -0.05) is 31.7 Å². The summed E-state index contributed by atoms with van der Waals surface area (Å²) in [5.74, 6) is 0.911. The molecule has 2 heterocycles. The van der Waals surface area contributed by atoms with Crippen LogP contribution in [0.15, 0.2) is 18.3 Å². The molecule has 2 amide bonds. The number of aromatic nitrogens is 1. The Balaban J connectivity index is 1.45. The Hall–Kier alpha value is -1.91. The van der Waals surface area contributed by atoms with Gasteiger partial charge in [0, 0.05) is 37.2 Å². The topological polar surface area (TPSA) is 62.3 Å². The van der Waals surface area contributed by atoms with Crippen molar-refractivity contribution in [3.8, 4) is 0 Å². The summed E-state index contributed by atoms with van der Waals surface area (Å²) in [6, 6.07) is 4.07. The van der Waals surface area contributed by atoms with Gasteiger partial charge in [0.05, 0.1) is 0 Å². The van der Waals surface area contributed by atoms with Crippen LogP contribution in [-0.2, 0) is 4.79 Å². The third-order valence-corrected chi connectivity index (χ3v) is 7.40.